The number of aromatic nitrogens is 1. The van der Waals surface area contributed by atoms with Gasteiger partial charge in [0.05, 0.1) is 0 Å². The molecule has 3 heterocycles. The normalized spacial score (nSPS) is 19.5. The predicted molar refractivity (Wildman–Crippen MR) is 106 cm³/mol. The zero-order chi connectivity index (χ0) is 19.3. The fourth-order valence-electron chi connectivity index (χ4n) is 4.10. The lowest BCUT2D eigenvalue weighted by molar-refractivity contribution is -0.122. The van der Waals surface area contributed by atoms with Crippen molar-refractivity contribution in [2.24, 2.45) is 0 Å². The van der Waals surface area contributed by atoms with Crippen LogP contribution < -0.4 is 5.32 Å². The highest BCUT2D eigenvalue weighted by Crippen LogP contribution is 2.22. The Hall–Kier alpha value is -2.73. The number of fused-ring (bicyclic) bond motifs is 1. The first kappa shape index (κ1) is 18.6. The molecule has 0 bridgehead atoms. The van der Waals surface area contributed by atoms with Gasteiger partial charge in [0.15, 0.2) is 0 Å². The fourth-order valence-corrected chi connectivity index (χ4v) is 4.10. The summed E-state index contributed by atoms with van der Waals surface area (Å²) in [4.78, 5) is 33.1. The molecule has 1 unspecified atom stereocenters. The van der Waals surface area contributed by atoms with Crippen molar-refractivity contribution in [2.75, 3.05) is 19.6 Å². The van der Waals surface area contributed by atoms with Crippen molar-refractivity contribution in [1.82, 2.24) is 20.1 Å². The van der Waals surface area contributed by atoms with Crippen LogP contribution in [0, 0.1) is 0 Å². The van der Waals surface area contributed by atoms with Gasteiger partial charge in [0.1, 0.15) is 0 Å². The van der Waals surface area contributed by atoms with Crippen LogP contribution in [0.3, 0.4) is 0 Å². The van der Waals surface area contributed by atoms with E-state index in [1.165, 1.54) is 5.56 Å². The van der Waals surface area contributed by atoms with Crippen LogP contribution in [-0.4, -0.2) is 52.3 Å². The molecule has 1 N–H and O–H groups in total. The van der Waals surface area contributed by atoms with Crippen LogP contribution in [0.25, 0.3) is 0 Å². The summed E-state index contributed by atoms with van der Waals surface area (Å²) < 4.78 is 0. The summed E-state index contributed by atoms with van der Waals surface area (Å²) >= 11 is 0. The van der Waals surface area contributed by atoms with Gasteiger partial charge in [-0.1, -0.05) is 24.3 Å². The Morgan fingerprint density at radius 2 is 2.11 bits per heavy atom. The number of carbonyl (C=O) groups excluding carboxylic acids is 2. The average molecular weight is 378 g/mol. The Kier molecular flexibility index (Phi) is 5.67. The first-order valence-electron chi connectivity index (χ1n) is 9.97. The van der Waals surface area contributed by atoms with E-state index in [9.17, 15) is 9.59 Å². The molecule has 4 rings (SSSR count). The maximum Gasteiger partial charge on any atom is 0.254 e. The molecule has 0 radical (unpaired) electrons. The van der Waals surface area contributed by atoms with E-state index in [0.717, 1.165) is 43.6 Å². The van der Waals surface area contributed by atoms with Crippen LogP contribution in [-0.2, 0) is 17.9 Å². The second kappa shape index (κ2) is 8.52. The van der Waals surface area contributed by atoms with Crippen molar-refractivity contribution in [3.8, 4) is 0 Å². The molecule has 6 heteroatoms. The number of pyridine rings is 1. The molecule has 1 atom stereocenters. The molecule has 1 aromatic carbocycles. The molecule has 6 nitrogen and oxygen atoms in total. The van der Waals surface area contributed by atoms with E-state index < -0.39 is 0 Å². The lowest BCUT2D eigenvalue weighted by atomic mass is 10.0. The van der Waals surface area contributed by atoms with E-state index in [4.69, 9.17) is 0 Å². The predicted octanol–water partition coefficient (Wildman–Crippen LogP) is 2.21. The number of amides is 2. The molecular formula is C22H26N4O2. The molecule has 2 aliphatic rings. The SMILES string of the molecule is O=C(CCN1Cc2ccccc2C1=O)NC1CCCN(Cc2cccnc2)C1. The van der Waals surface area contributed by atoms with Crippen molar-refractivity contribution in [3.05, 3.63) is 65.5 Å². The van der Waals surface area contributed by atoms with Crippen molar-refractivity contribution >= 4 is 11.8 Å². The molecule has 2 aromatic rings. The summed E-state index contributed by atoms with van der Waals surface area (Å²) in [6.45, 7) is 3.83. The standard InChI is InChI=1S/C22H26N4O2/c27-21(9-12-26-15-18-6-1-2-8-20(18)22(26)28)24-19-7-4-11-25(16-19)14-17-5-3-10-23-13-17/h1-3,5-6,8,10,13,19H,4,7,9,11-12,14-16H2,(H,24,27). The number of nitrogens with one attached hydrogen (secondary N) is 1. The number of piperidine rings is 1. The van der Waals surface area contributed by atoms with E-state index in [1.807, 2.05) is 36.5 Å². The topological polar surface area (TPSA) is 65.5 Å². The second-order valence-corrected chi connectivity index (χ2v) is 7.64. The Labute approximate surface area is 165 Å². The van der Waals surface area contributed by atoms with Crippen LogP contribution in [0.4, 0.5) is 0 Å². The molecule has 1 aromatic heterocycles. The summed E-state index contributed by atoms with van der Waals surface area (Å²) in [7, 11) is 0. The number of rotatable bonds is 6. The van der Waals surface area contributed by atoms with E-state index in [1.54, 1.807) is 11.1 Å². The van der Waals surface area contributed by atoms with Crippen molar-refractivity contribution in [3.63, 3.8) is 0 Å². The highest BCUT2D eigenvalue weighted by molar-refractivity contribution is 5.98. The van der Waals surface area contributed by atoms with Gasteiger partial charge in [0.25, 0.3) is 5.91 Å². The van der Waals surface area contributed by atoms with Gasteiger partial charge >= 0.3 is 0 Å². The summed E-state index contributed by atoms with van der Waals surface area (Å²) in [6, 6.07) is 11.9. The third kappa shape index (κ3) is 4.39. The van der Waals surface area contributed by atoms with Gasteiger partial charge in [-0.05, 0) is 42.6 Å². The molecule has 2 amide bonds. The zero-order valence-corrected chi connectivity index (χ0v) is 16.0. The van der Waals surface area contributed by atoms with Gasteiger partial charge in [-0.15, -0.1) is 0 Å². The monoisotopic (exact) mass is 378 g/mol. The quantitative estimate of drug-likeness (QED) is 0.837. The van der Waals surface area contributed by atoms with Gasteiger partial charge in [0, 0.05) is 56.6 Å². The van der Waals surface area contributed by atoms with Crippen LogP contribution in [0.2, 0.25) is 0 Å². The highest BCUT2D eigenvalue weighted by Gasteiger charge is 2.27. The van der Waals surface area contributed by atoms with Gasteiger partial charge < -0.3 is 10.2 Å². The molecular weight excluding hydrogens is 352 g/mol. The van der Waals surface area contributed by atoms with Crippen LogP contribution in [0.5, 0.6) is 0 Å². The summed E-state index contributed by atoms with van der Waals surface area (Å²) in [5.41, 5.74) is 3.01. The first-order valence-corrected chi connectivity index (χ1v) is 9.97. The van der Waals surface area contributed by atoms with E-state index >= 15 is 0 Å². The molecule has 0 saturated carbocycles. The number of benzene rings is 1. The summed E-state index contributed by atoms with van der Waals surface area (Å²) in [5.74, 6) is 0.0562. The average Bonchev–Trinajstić information content (AvgIpc) is 3.03. The Morgan fingerprint density at radius 1 is 1.21 bits per heavy atom. The number of hydrogen-bond donors (Lipinski definition) is 1. The number of hydrogen-bond acceptors (Lipinski definition) is 4. The number of carbonyl (C=O) groups is 2. The zero-order valence-electron chi connectivity index (χ0n) is 16.0. The maximum atomic E-state index is 12.4. The molecule has 28 heavy (non-hydrogen) atoms. The van der Waals surface area contributed by atoms with Gasteiger partial charge in [-0.3, -0.25) is 19.5 Å². The third-order valence-corrected chi connectivity index (χ3v) is 5.50. The third-order valence-electron chi connectivity index (χ3n) is 5.50. The molecule has 2 aliphatic heterocycles. The van der Waals surface area contributed by atoms with Gasteiger partial charge in [0.2, 0.25) is 5.91 Å². The van der Waals surface area contributed by atoms with Crippen molar-refractivity contribution < 1.29 is 9.59 Å². The lowest BCUT2D eigenvalue weighted by Gasteiger charge is -2.33. The Morgan fingerprint density at radius 3 is 2.93 bits per heavy atom. The molecule has 0 spiro atoms. The number of nitrogens with zero attached hydrogens (tertiary/aromatic N) is 3. The lowest BCUT2D eigenvalue weighted by Crippen LogP contribution is -2.47. The smallest absolute Gasteiger partial charge is 0.254 e. The number of likely N-dealkylation sites (tertiary alicyclic amines) is 1. The fraction of sp³-hybridized carbons (Fsp3) is 0.409. The van der Waals surface area contributed by atoms with Crippen molar-refractivity contribution in [1.29, 1.82) is 0 Å². The highest BCUT2D eigenvalue weighted by atomic mass is 16.2. The second-order valence-electron chi connectivity index (χ2n) is 7.64. The minimum absolute atomic E-state index is 0.0250. The van der Waals surface area contributed by atoms with Crippen LogP contribution in [0.15, 0.2) is 48.8 Å². The maximum absolute atomic E-state index is 12.4. The molecule has 1 saturated heterocycles. The largest absolute Gasteiger partial charge is 0.352 e. The van der Waals surface area contributed by atoms with E-state index in [2.05, 4.69) is 21.3 Å². The summed E-state index contributed by atoms with van der Waals surface area (Å²) in [5, 5.41) is 3.16. The first-order chi connectivity index (χ1) is 13.7. The molecule has 146 valence electrons. The van der Waals surface area contributed by atoms with Crippen LogP contribution in [0.1, 0.15) is 40.7 Å². The Bertz CT molecular complexity index is 839. The van der Waals surface area contributed by atoms with E-state index in [-0.39, 0.29) is 17.9 Å². The van der Waals surface area contributed by atoms with Gasteiger partial charge in [-0.2, -0.15) is 0 Å². The van der Waals surface area contributed by atoms with E-state index in [0.29, 0.717) is 19.5 Å². The van der Waals surface area contributed by atoms with Gasteiger partial charge in [-0.25, -0.2) is 0 Å². The van der Waals surface area contributed by atoms with Crippen molar-refractivity contribution in [2.45, 2.75) is 38.4 Å². The molecule has 0 aliphatic carbocycles. The molecule has 1 fully saturated rings. The minimum atomic E-state index is 0.0250. The Balaban J connectivity index is 1.23. The summed E-state index contributed by atoms with van der Waals surface area (Å²) in [6.07, 6.45) is 6.10. The minimum Gasteiger partial charge on any atom is -0.352 e. The van der Waals surface area contributed by atoms with Crippen LogP contribution >= 0.6 is 0 Å².